The summed E-state index contributed by atoms with van der Waals surface area (Å²) >= 11 is 0. The number of hydrogen-bond donors (Lipinski definition) is 1. The molecule has 0 aliphatic heterocycles. The quantitative estimate of drug-likeness (QED) is 0.733. The summed E-state index contributed by atoms with van der Waals surface area (Å²) in [6.07, 6.45) is 1.06. The van der Waals surface area contributed by atoms with Crippen LogP contribution < -0.4 is 10.1 Å². The zero-order valence-electron chi connectivity index (χ0n) is 15.3. The Morgan fingerprint density at radius 3 is 2.62 bits per heavy atom. The third-order valence-electron chi connectivity index (χ3n) is 4.30. The van der Waals surface area contributed by atoms with E-state index in [1.807, 2.05) is 62.4 Å². The summed E-state index contributed by atoms with van der Waals surface area (Å²) in [5, 5.41) is 7.18. The average molecular weight is 349 g/mol. The van der Waals surface area contributed by atoms with Crippen molar-refractivity contribution < 1.29 is 9.53 Å². The standard InChI is InChI=1S/C21H23N3O2/c1-15-9-10-19(13-16(15)2)26-17(3)21(25)23-20-11-12-22-24(20)14-18-7-5-4-6-8-18/h4-13,17H,14H2,1-3H3,(H,23,25). The zero-order valence-corrected chi connectivity index (χ0v) is 15.3. The number of benzene rings is 2. The third kappa shape index (κ3) is 4.30. The topological polar surface area (TPSA) is 56.1 Å². The highest BCUT2D eigenvalue weighted by Gasteiger charge is 2.17. The number of hydrogen-bond acceptors (Lipinski definition) is 3. The zero-order chi connectivity index (χ0) is 18.5. The normalized spacial score (nSPS) is 11.8. The largest absolute Gasteiger partial charge is 0.481 e. The number of nitrogens with one attached hydrogen (secondary N) is 1. The number of carbonyl (C=O) groups excluding carboxylic acids is 1. The molecule has 1 N–H and O–H groups in total. The number of ether oxygens (including phenoxy) is 1. The molecule has 1 aromatic heterocycles. The van der Waals surface area contributed by atoms with Gasteiger partial charge in [0.2, 0.25) is 0 Å². The highest BCUT2D eigenvalue weighted by molar-refractivity contribution is 5.93. The van der Waals surface area contributed by atoms with Gasteiger partial charge in [-0.3, -0.25) is 4.79 Å². The van der Waals surface area contributed by atoms with E-state index in [9.17, 15) is 4.79 Å². The Morgan fingerprint density at radius 2 is 1.88 bits per heavy atom. The lowest BCUT2D eigenvalue weighted by atomic mass is 10.1. The van der Waals surface area contributed by atoms with Crippen molar-refractivity contribution in [1.29, 1.82) is 0 Å². The van der Waals surface area contributed by atoms with Crippen molar-refractivity contribution in [3.8, 4) is 5.75 Å². The van der Waals surface area contributed by atoms with Crippen LogP contribution >= 0.6 is 0 Å². The van der Waals surface area contributed by atoms with E-state index in [0.29, 0.717) is 18.1 Å². The van der Waals surface area contributed by atoms with E-state index >= 15 is 0 Å². The molecule has 0 aliphatic carbocycles. The molecule has 0 saturated carbocycles. The van der Waals surface area contributed by atoms with E-state index in [4.69, 9.17) is 4.74 Å². The lowest BCUT2D eigenvalue weighted by Gasteiger charge is -2.16. The number of carbonyl (C=O) groups is 1. The van der Waals surface area contributed by atoms with Gasteiger partial charge < -0.3 is 10.1 Å². The molecule has 0 bridgehead atoms. The van der Waals surface area contributed by atoms with Gasteiger partial charge in [-0.15, -0.1) is 0 Å². The van der Waals surface area contributed by atoms with Gasteiger partial charge >= 0.3 is 0 Å². The molecule has 0 radical (unpaired) electrons. The Hall–Kier alpha value is -3.08. The minimum absolute atomic E-state index is 0.210. The fourth-order valence-electron chi connectivity index (χ4n) is 2.59. The van der Waals surface area contributed by atoms with Crippen molar-refractivity contribution in [3.05, 3.63) is 77.5 Å². The fourth-order valence-corrected chi connectivity index (χ4v) is 2.59. The van der Waals surface area contributed by atoms with Crippen molar-refractivity contribution in [2.75, 3.05) is 5.32 Å². The average Bonchev–Trinajstić information content (AvgIpc) is 3.05. The van der Waals surface area contributed by atoms with E-state index in [0.717, 1.165) is 11.1 Å². The highest BCUT2D eigenvalue weighted by Crippen LogP contribution is 2.18. The van der Waals surface area contributed by atoms with Crippen molar-refractivity contribution in [2.24, 2.45) is 0 Å². The van der Waals surface area contributed by atoms with Gasteiger partial charge in [0.25, 0.3) is 5.91 Å². The van der Waals surface area contributed by atoms with Crippen LogP contribution in [0.1, 0.15) is 23.6 Å². The monoisotopic (exact) mass is 349 g/mol. The van der Waals surface area contributed by atoms with Gasteiger partial charge in [0.1, 0.15) is 11.6 Å². The summed E-state index contributed by atoms with van der Waals surface area (Å²) in [4.78, 5) is 12.5. The second kappa shape index (κ2) is 7.87. The summed E-state index contributed by atoms with van der Waals surface area (Å²) in [5.74, 6) is 1.13. The first-order chi connectivity index (χ1) is 12.5. The fraction of sp³-hybridized carbons (Fsp3) is 0.238. The minimum atomic E-state index is -0.614. The molecule has 5 heteroatoms. The predicted octanol–water partition coefficient (Wildman–Crippen LogP) is 3.95. The van der Waals surface area contributed by atoms with Crippen LogP contribution in [-0.2, 0) is 11.3 Å². The maximum Gasteiger partial charge on any atom is 0.266 e. The van der Waals surface area contributed by atoms with E-state index in [1.165, 1.54) is 5.56 Å². The molecule has 3 rings (SSSR count). The van der Waals surface area contributed by atoms with Crippen LogP contribution in [0.25, 0.3) is 0 Å². The van der Waals surface area contributed by atoms with Gasteiger partial charge in [-0.2, -0.15) is 5.10 Å². The molecule has 3 aromatic rings. The van der Waals surface area contributed by atoms with Crippen LogP contribution in [0.3, 0.4) is 0 Å². The van der Waals surface area contributed by atoms with Gasteiger partial charge in [0, 0.05) is 6.07 Å². The Morgan fingerprint density at radius 1 is 1.12 bits per heavy atom. The Balaban J connectivity index is 1.64. The number of rotatable bonds is 6. The molecule has 0 fully saturated rings. The molecule has 0 saturated heterocycles. The first-order valence-electron chi connectivity index (χ1n) is 8.63. The predicted molar refractivity (Wildman–Crippen MR) is 102 cm³/mol. The molecule has 5 nitrogen and oxygen atoms in total. The highest BCUT2D eigenvalue weighted by atomic mass is 16.5. The van der Waals surface area contributed by atoms with Crippen LogP contribution in [0.2, 0.25) is 0 Å². The lowest BCUT2D eigenvalue weighted by molar-refractivity contribution is -0.122. The summed E-state index contributed by atoms with van der Waals surface area (Å²) in [6.45, 7) is 6.40. The number of nitrogens with zero attached hydrogens (tertiary/aromatic N) is 2. The molecule has 1 atom stereocenters. The van der Waals surface area contributed by atoms with E-state index in [1.54, 1.807) is 23.9 Å². The second-order valence-electron chi connectivity index (χ2n) is 6.36. The second-order valence-corrected chi connectivity index (χ2v) is 6.36. The van der Waals surface area contributed by atoms with Crippen LogP contribution in [0.15, 0.2) is 60.8 Å². The third-order valence-corrected chi connectivity index (χ3v) is 4.30. The molecule has 2 aromatic carbocycles. The van der Waals surface area contributed by atoms with Crippen molar-refractivity contribution in [3.63, 3.8) is 0 Å². The van der Waals surface area contributed by atoms with Gasteiger partial charge in [0.05, 0.1) is 12.7 Å². The smallest absolute Gasteiger partial charge is 0.266 e. The van der Waals surface area contributed by atoms with Gasteiger partial charge in [-0.25, -0.2) is 4.68 Å². The molecule has 134 valence electrons. The summed E-state index contributed by atoms with van der Waals surface area (Å²) in [7, 11) is 0. The molecule has 0 spiro atoms. The molecule has 0 aliphatic rings. The van der Waals surface area contributed by atoms with Crippen LogP contribution in [0.4, 0.5) is 5.82 Å². The molecular weight excluding hydrogens is 326 g/mol. The molecular formula is C21H23N3O2. The van der Waals surface area contributed by atoms with Crippen molar-refractivity contribution in [2.45, 2.75) is 33.4 Å². The van der Waals surface area contributed by atoms with Gasteiger partial charge in [-0.1, -0.05) is 36.4 Å². The Labute approximate surface area is 153 Å². The van der Waals surface area contributed by atoms with Crippen LogP contribution in [0, 0.1) is 13.8 Å². The number of anilines is 1. The number of aromatic nitrogens is 2. The SMILES string of the molecule is Cc1ccc(OC(C)C(=O)Nc2ccnn2Cc2ccccc2)cc1C. The minimum Gasteiger partial charge on any atom is -0.481 e. The van der Waals surface area contributed by atoms with E-state index in [-0.39, 0.29) is 5.91 Å². The van der Waals surface area contributed by atoms with Crippen molar-refractivity contribution >= 4 is 11.7 Å². The van der Waals surface area contributed by atoms with Gasteiger partial charge in [0.15, 0.2) is 6.10 Å². The van der Waals surface area contributed by atoms with Crippen LogP contribution in [0.5, 0.6) is 5.75 Å². The number of amides is 1. The first-order valence-corrected chi connectivity index (χ1v) is 8.63. The Bertz CT molecular complexity index is 887. The van der Waals surface area contributed by atoms with Crippen molar-refractivity contribution in [1.82, 2.24) is 9.78 Å². The van der Waals surface area contributed by atoms with E-state index < -0.39 is 6.10 Å². The maximum absolute atomic E-state index is 12.5. The first kappa shape index (κ1) is 17.7. The maximum atomic E-state index is 12.5. The molecule has 1 unspecified atom stereocenters. The van der Waals surface area contributed by atoms with Crippen LogP contribution in [-0.4, -0.2) is 21.8 Å². The summed E-state index contributed by atoms with van der Waals surface area (Å²) < 4.78 is 7.54. The van der Waals surface area contributed by atoms with Gasteiger partial charge in [-0.05, 0) is 49.6 Å². The molecule has 1 amide bonds. The summed E-state index contributed by atoms with van der Waals surface area (Å²) in [5.41, 5.74) is 3.45. The lowest BCUT2D eigenvalue weighted by Crippen LogP contribution is -2.31. The molecule has 1 heterocycles. The Kier molecular flexibility index (Phi) is 5.37. The summed E-state index contributed by atoms with van der Waals surface area (Å²) in [6, 6.07) is 17.6. The molecule has 26 heavy (non-hydrogen) atoms. The number of aryl methyl sites for hydroxylation is 2. The van der Waals surface area contributed by atoms with E-state index in [2.05, 4.69) is 10.4 Å².